The summed E-state index contributed by atoms with van der Waals surface area (Å²) in [7, 11) is 0. The monoisotopic (exact) mass is 321 g/mol. The quantitative estimate of drug-likeness (QED) is 0.779. The number of carboxylic acid groups (broad SMARTS) is 1. The predicted molar refractivity (Wildman–Crippen MR) is 65.1 cm³/mol. The molecule has 0 saturated carbocycles. The van der Waals surface area contributed by atoms with Crippen molar-refractivity contribution in [2.24, 2.45) is 0 Å². The topological polar surface area (TPSA) is 86.6 Å². The second-order valence-corrected chi connectivity index (χ2v) is 4.49. The molecule has 3 N–H and O–H groups in total. The van der Waals surface area contributed by atoms with E-state index in [1.54, 1.807) is 6.07 Å². The molecule has 7 heteroatoms. The Labute approximate surface area is 111 Å². The summed E-state index contributed by atoms with van der Waals surface area (Å²) < 4.78 is 0.642. The number of aliphatic hydroxyl groups excluding tert-OH is 1. The van der Waals surface area contributed by atoms with Crippen molar-refractivity contribution in [2.45, 2.75) is 6.04 Å². The minimum Gasteiger partial charge on any atom is -0.480 e. The summed E-state index contributed by atoms with van der Waals surface area (Å²) in [5.41, 5.74) is 0.140. The summed E-state index contributed by atoms with van der Waals surface area (Å²) in [6, 6.07) is 3.28. The van der Waals surface area contributed by atoms with Crippen molar-refractivity contribution in [3.8, 4) is 0 Å². The van der Waals surface area contributed by atoms with Gasteiger partial charge in [-0.05, 0) is 18.2 Å². The van der Waals surface area contributed by atoms with Crippen LogP contribution in [0.15, 0.2) is 22.7 Å². The Morgan fingerprint density at radius 1 is 1.47 bits per heavy atom. The number of rotatable bonds is 4. The van der Waals surface area contributed by atoms with E-state index in [9.17, 15) is 9.59 Å². The third kappa shape index (κ3) is 3.69. The normalized spacial score (nSPS) is 11.9. The fraction of sp³-hybridized carbons (Fsp3) is 0.200. The number of aliphatic carboxylic acids is 1. The lowest BCUT2D eigenvalue weighted by Crippen LogP contribution is -2.43. The van der Waals surface area contributed by atoms with Gasteiger partial charge in [-0.1, -0.05) is 27.5 Å². The summed E-state index contributed by atoms with van der Waals surface area (Å²) in [5.74, 6) is -1.97. The number of carboxylic acids is 1. The van der Waals surface area contributed by atoms with Gasteiger partial charge in [0.15, 0.2) is 6.04 Å². The maximum atomic E-state index is 11.7. The van der Waals surface area contributed by atoms with E-state index < -0.39 is 24.5 Å². The molecule has 0 fully saturated rings. The van der Waals surface area contributed by atoms with Crippen LogP contribution in [0.25, 0.3) is 0 Å². The summed E-state index contributed by atoms with van der Waals surface area (Å²) in [5, 5.41) is 19.8. The molecule has 5 nitrogen and oxygen atoms in total. The third-order valence-corrected chi connectivity index (χ3v) is 2.78. The van der Waals surface area contributed by atoms with Gasteiger partial charge in [-0.2, -0.15) is 0 Å². The molecule has 1 aromatic rings. The van der Waals surface area contributed by atoms with Crippen molar-refractivity contribution in [3.05, 3.63) is 33.3 Å². The number of benzene rings is 1. The molecule has 0 spiro atoms. The standard InChI is InChI=1S/C10H9BrClNO4/c11-5-1-2-7(12)6(3-5)9(15)13-8(4-14)10(16)17/h1-3,8,14H,4H2,(H,13,15)(H,16,17)/t8-/m0/s1. The molecule has 0 heterocycles. The van der Waals surface area contributed by atoms with Crippen LogP contribution < -0.4 is 5.32 Å². The van der Waals surface area contributed by atoms with E-state index in [0.29, 0.717) is 4.47 Å². The van der Waals surface area contributed by atoms with Crippen molar-refractivity contribution < 1.29 is 19.8 Å². The number of carbonyl (C=O) groups excluding carboxylic acids is 1. The zero-order valence-corrected chi connectivity index (χ0v) is 10.8. The molecule has 0 aliphatic rings. The van der Waals surface area contributed by atoms with E-state index in [-0.39, 0.29) is 10.6 Å². The van der Waals surface area contributed by atoms with Crippen LogP contribution in [-0.2, 0) is 4.79 Å². The molecule has 1 aromatic carbocycles. The molecule has 0 aromatic heterocycles. The van der Waals surface area contributed by atoms with Gasteiger partial charge in [0.1, 0.15) is 0 Å². The zero-order chi connectivity index (χ0) is 13.0. The van der Waals surface area contributed by atoms with Gasteiger partial charge in [-0.25, -0.2) is 4.79 Å². The van der Waals surface area contributed by atoms with Crippen LogP contribution in [0.2, 0.25) is 5.02 Å². The number of aliphatic hydroxyl groups is 1. The molecular weight excluding hydrogens is 313 g/mol. The van der Waals surface area contributed by atoms with Crippen molar-refractivity contribution in [1.29, 1.82) is 0 Å². The van der Waals surface area contributed by atoms with Crippen molar-refractivity contribution in [1.82, 2.24) is 5.32 Å². The molecule has 1 amide bonds. The van der Waals surface area contributed by atoms with Gasteiger partial charge in [-0.15, -0.1) is 0 Å². The zero-order valence-electron chi connectivity index (χ0n) is 8.48. The summed E-state index contributed by atoms with van der Waals surface area (Å²) >= 11 is 8.98. The Morgan fingerprint density at radius 3 is 2.65 bits per heavy atom. The second kappa shape index (κ2) is 6.00. The van der Waals surface area contributed by atoms with Crippen LogP contribution in [-0.4, -0.2) is 34.7 Å². The minimum absolute atomic E-state index is 0.140. The number of hydrogen-bond donors (Lipinski definition) is 3. The average molecular weight is 323 g/mol. The Balaban J connectivity index is 2.89. The highest BCUT2D eigenvalue weighted by molar-refractivity contribution is 9.10. The lowest BCUT2D eigenvalue weighted by atomic mass is 10.2. The van der Waals surface area contributed by atoms with Crippen LogP contribution in [0.4, 0.5) is 0 Å². The molecule has 0 radical (unpaired) electrons. The summed E-state index contributed by atoms with van der Waals surface area (Å²) in [4.78, 5) is 22.3. The van der Waals surface area contributed by atoms with Gasteiger partial charge in [0.05, 0.1) is 17.2 Å². The van der Waals surface area contributed by atoms with Crippen LogP contribution in [0.5, 0.6) is 0 Å². The molecule has 1 atom stereocenters. The first-order valence-electron chi connectivity index (χ1n) is 4.55. The molecule has 0 aliphatic heterocycles. The number of hydrogen-bond acceptors (Lipinski definition) is 3. The maximum Gasteiger partial charge on any atom is 0.328 e. The van der Waals surface area contributed by atoms with Gasteiger partial charge >= 0.3 is 5.97 Å². The molecule has 0 aliphatic carbocycles. The van der Waals surface area contributed by atoms with Crippen molar-refractivity contribution in [2.75, 3.05) is 6.61 Å². The van der Waals surface area contributed by atoms with E-state index in [1.807, 2.05) is 0 Å². The fourth-order valence-electron chi connectivity index (χ4n) is 1.09. The van der Waals surface area contributed by atoms with Gasteiger partial charge in [0, 0.05) is 4.47 Å². The third-order valence-electron chi connectivity index (χ3n) is 1.96. The molecule has 1 rings (SSSR count). The molecular formula is C10H9BrClNO4. The largest absolute Gasteiger partial charge is 0.480 e. The number of carbonyl (C=O) groups is 2. The second-order valence-electron chi connectivity index (χ2n) is 3.17. The summed E-state index contributed by atoms with van der Waals surface area (Å²) in [6.45, 7) is -0.688. The van der Waals surface area contributed by atoms with Crippen LogP contribution in [0, 0.1) is 0 Å². The highest BCUT2D eigenvalue weighted by Crippen LogP contribution is 2.20. The van der Waals surface area contributed by atoms with E-state index in [4.69, 9.17) is 21.8 Å². The van der Waals surface area contributed by atoms with Crippen molar-refractivity contribution >= 4 is 39.4 Å². The Kier molecular flexibility index (Phi) is 4.92. The highest BCUT2D eigenvalue weighted by Gasteiger charge is 2.20. The smallest absolute Gasteiger partial charge is 0.328 e. The number of amides is 1. The minimum atomic E-state index is -1.35. The Bertz CT molecular complexity index is 452. The molecule has 0 saturated heterocycles. The predicted octanol–water partition coefficient (Wildman–Crippen LogP) is 1.28. The number of nitrogens with one attached hydrogen (secondary N) is 1. The maximum absolute atomic E-state index is 11.7. The van der Waals surface area contributed by atoms with E-state index in [0.717, 1.165) is 0 Å². The molecule has 17 heavy (non-hydrogen) atoms. The van der Waals surface area contributed by atoms with Gasteiger partial charge in [0.25, 0.3) is 5.91 Å². The summed E-state index contributed by atoms with van der Waals surface area (Å²) in [6.07, 6.45) is 0. The molecule has 0 unspecified atom stereocenters. The van der Waals surface area contributed by atoms with Crippen LogP contribution in [0.1, 0.15) is 10.4 Å². The van der Waals surface area contributed by atoms with Crippen molar-refractivity contribution in [3.63, 3.8) is 0 Å². The van der Waals surface area contributed by atoms with E-state index in [1.165, 1.54) is 12.1 Å². The van der Waals surface area contributed by atoms with Crippen LogP contribution in [0.3, 0.4) is 0 Å². The van der Waals surface area contributed by atoms with E-state index >= 15 is 0 Å². The Hall–Kier alpha value is -1.11. The fourth-order valence-corrected chi connectivity index (χ4v) is 1.66. The molecule has 0 bridgehead atoms. The Morgan fingerprint density at radius 2 is 2.12 bits per heavy atom. The SMILES string of the molecule is O=C(N[C@@H](CO)C(=O)O)c1cc(Br)ccc1Cl. The first-order valence-corrected chi connectivity index (χ1v) is 5.72. The van der Waals surface area contributed by atoms with Gasteiger partial charge in [0.2, 0.25) is 0 Å². The lowest BCUT2D eigenvalue weighted by Gasteiger charge is -2.12. The number of halogens is 2. The highest BCUT2D eigenvalue weighted by atomic mass is 79.9. The van der Waals surface area contributed by atoms with Gasteiger partial charge in [-0.3, -0.25) is 4.79 Å². The first-order chi connectivity index (χ1) is 7.95. The van der Waals surface area contributed by atoms with Gasteiger partial charge < -0.3 is 15.5 Å². The first kappa shape index (κ1) is 14.0. The lowest BCUT2D eigenvalue weighted by molar-refractivity contribution is -0.140. The van der Waals surface area contributed by atoms with Crippen LogP contribution >= 0.6 is 27.5 Å². The van der Waals surface area contributed by atoms with E-state index in [2.05, 4.69) is 21.2 Å². The average Bonchev–Trinajstić information content (AvgIpc) is 2.28. The molecule has 92 valence electrons.